The molecule has 2 nitrogen and oxygen atoms in total. The molecule has 0 atom stereocenters. The highest BCUT2D eigenvalue weighted by Gasteiger charge is 2.19. The third-order valence-electron chi connectivity index (χ3n) is 3.88. The van der Waals surface area contributed by atoms with Crippen LogP contribution in [0.3, 0.4) is 0 Å². The fourth-order valence-electron chi connectivity index (χ4n) is 2.28. The summed E-state index contributed by atoms with van der Waals surface area (Å²) in [5, 5.41) is 3.52. The molecule has 2 aromatic rings. The van der Waals surface area contributed by atoms with E-state index in [0.29, 0.717) is 5.92 Å². The molecule has 0 radical (unpaired) electrons. The lowest BCUT2D eigenvalue weighted by Crippen LogP contribution is -2.14. The van der Waals surface area contributed by atoms with Crippen LogP contribution in [0.4, 0.5) is 0 Å². The maximum absolute atomic E-state index is 5.89. The minimum absolute atomic E-state index is 0.553. The first kappa shape index (κ1) is 14.2. The van der Waals surface area contributed by atoms with Gasteiger partial charge in [0.1, 0.15) is 11.5 Å². The van der Waals surface area contributed by atoms with Gasteiger partial charge >= 0.3 is 0 Å². The number of hydrogen-bond donors (Lipinski definition) is 1. The molecular formula is C19H23NO. The number of ether oxygens (including phenoxy) is 1. The monoisotopic (exact) mass is 281 g/mol. The van der Waals surface area contributed by atoms with Crippen molar-refractivity contribution in [2.75, 3.05) is 0 Å². The lowest BCUT2D eigenvalue weighted by atomic mass is 10.0. The summed E-state index contributed by atoms with van der Waals surface area (Å²) in [5.74, 6) is 2.34. The Morgan fingerprint density at radius 1 is 0.952 bits per heavy atom. The molecular weight excluding hydrogens is 258 g/mol. The number of rotatable bonds is 6. The Kier molecular flexibility index (Phi) is 4.26. The summed E-state index contributed by atoms with van der Waals surface area (Å²) in [6, 6.07) is 17.4. The molecule has 0 aliphatic heterocycles. The highest BCUT2D eigenvalue weighted by molar-refractivity contribution is 5.35. The van der Waals surface area contributed by atoms with Crippen LogP contribution in [0.5, 0.6) is 11.5 Å². The Balaban J connectivity index is 1.58. The van der Waals surface area contributed by atoms with Gasteiger partial charge < -0.3 is 10.1 Å². The van der Waals surface area contributed by atoms with Gasteiger partial charge in [-0.15, -0.1) is 0 Å². The molecule has 0 bridgehead atoms. The van der Waals surface area contributed by atoms with Crippen molar-refractivity contribution in [2.24, 2.45) is 0 Å². The van der Waals surface area contributed by atoms with E-state index in [4.69, 9.17) is 4.74 Å². The smallest absolute Gasteiger partial charge is 0.127 e. The standard InChI is InChI=1S/C19H23NO/c1-14(2)16-5-11-19(12-6-16)21-18-9-3-15(4-10-18)13-20-17-7-8-17/h3-6,9-12,14,17,20H,7-8,13H2,1-2H3. The van der Waals surface area contributed by atoms with Gasteiger partial charge in [0.2, 0.25) is 0 Å². The zero-order chi connectivity index (χ0) is 14.7. The fourth-order valence-corrected chi connectivity index (χ4v) is 2.28. The van der Waals surface area contributed by atoms with Crippen molar-refractivity contribution in [3.05, 3.63) is 59.7 Å². The molecule has 21 heavy (non-hydrogen) atoms. The molecule has 1 saturated carbocycles. The zero-order valence-electron chi connectivity index (χ0n) is 12.8. The van der Waals surface area contributed by atoms with Crippen molar-refractivity contribution >= 4 is 0 Å². The SMILES string of the molecule is CC(C)c1ccc(Oc2ccc(CNC3CC3)cc2)cc1. The van der Waals surface area contributed by atoms with Crippen LogP contribution in [0.2, 0.25) is 0 Å². The molecule has 0 heterocycles. The number of benzene rings is 2. The van der Waals surface area contributed by atoms with Crippen LogP contribution in [0.25, 0.3) is 0 Å². The van der Waals surface area contributed by atoms with Gasteiger partial charge in [0, 0.05) is 12.6 Å². The number of hydrogen-bond acceptors (Lipinski definition) is 2. The van der Waals surface area contributed by atoms with Crippen molar-refractivity contribution < 1.29 is 4.74 Å². The van der Waals surface area contributed by atoms with E-state index in [1.807, 2.05) is 24.3 Å². The molecule has 110 valence electrons. The zero-order valence-corrected chi connectivity index (χ0v) is 12.8. The summed E-state index contributed by atoms with van der Waals surface area (Å²) in [7, 11) is 0. The van der Waals surface area contributed by atoms with Crippen LogP contribution < -0.4 is 10.1 Å². The van der Waals surface area contributed by atoms with Crippen molar-refractivity contribution in [1.29, 1.82) is 0 Å². The van der Waals surface area contributed by atoms with Gasteiger partial charge in [0.05, 0.1) is 0 Å². The maximum Gasteiger partial charge on any atom is 0.127 e. The van der Waals surface area contributed by atoms with E-state index < -0.39 is 0 Å². The van der Waals surface area contributed by atoms with Gasteiger partial charge in [-0.2, -0.15) is 0 Å². The molecule has 0 unspecified atom stereocenters. The Bertz CT molecular complexity index is 568. The summed E-state index contributed by atoms with van der Waals surface area (Å²) < 4.78 is 5.89. The second-order valence-electron chi connectivity index (χ2n) is 6.12. The number of nitrogens with one attached hydrogen (secondary N) is 1. The fraction of sp³-hybridized carbons (Fsp3) is 0.368. The lowest BCUT2D eigenvalue weighted by molar-refractivity contribution is 0.482. The molecule has 2 heteroatoms. The van der Waals surface area contributed by atoms with Gasteiger partial charge in [-0.25, -0.2) is 0 Å². The quantitative estimate of drug-likeness (QED) is 0.817. The summed E-state index contributed by atoms with van der Waals surface area (Å²) in [6.45, 7) is 5.35. The van der Waals surface area contributed by atoms with E-state index in [0.717, 1.165) is 24.1 Å². The van der Waals surface area contributed by atoms with Crippen molar-refractivity contribution in [3.63, 3.8) is 0 Å². The van der Waals surface area contributed by atoms with Crippen molar-refractivity contribution in [3.8, 4) is 11.5 Å². The van der Waals surface area contributed by atoms with E-state index in [2.05, 4.69) is 43.4 Å². The Morgan fingerprint density at radius 2 is 1.52 bits per heavy atom. The first-order valence-electron chi connectivity index (χ1n) is 7.81. The highest BCUT2D eigenvalue weighted by atomic mass is 16.5. The van der Waals surface area contributed by atoms with E-state index in [9.17, 15) is 0 Å². The Hall–Kier alpha value is -1.80. The van der Waals surface area contributed by atoms with Crippen LogP contribution in [0.1, 0.15) is 43.7 Å². The minimum atomic E-state index is 0.553. The average molecular weight is 281 g/mol. The van der Waals surface area contributed by atoms with E-state index in [1.54, 1.807) is 0 Å². The van der Waals surface area contributed by atoms with Crippen LogP contribution in [-0.4, -0.2) is 6.04 Å². The minimum Gasteiger partial charge on any atom is -0.457 e. The van der Waals surface area contributed by atoms with Crippen LogP contribution in [0, 0.1) is 0 Å². The van der Waals surface area contributed by atoms with Gasteiger partial charge in [-0.3, -0.25) is 0 Å². The molecule has 2 aromatic carbocycles. The molecule has 0 saturated heterocycles. The summed E-state index contributed by atoms with van der Waals surface area (Å²) in [4.78, 5) is 0. The van der Waals surface area contributed by atoms with Gasteiger partial charge in [0.25, 0.3) is 0 Å². The predicted molar refractivity (Wildman–Crippen MR) is 86.9 cm³/mol. The molecule has 1 aliphatic rings. The molecule has 1 fully saturated rings. The van der Waals surface area contributed by atoms with Crippen LogP contribution >= 0.6 is 0 Å². The lowest BCUT2D eigenvalue weighted by Gasteiger charge is -2.09. The van der Waals surface area contributed by atoms with E-state index in [-0.39, 0.29) is 0 Å². The molecule has 0 amide bonds. The van der Waals surface area contributed by atoms with Crippen LogP contribution in [0.15, 0.2) is 48.5 Å². The topological polar surface area (TPSA) is 21.3 Å². The Labute approximate surface area is 127 Å². The third kappa shape index (κ3) is 4.08. The summed E-state index contributed by atoms with van der Waals surface area (Å²) in [6.07, 6.45) is 2.65. The second kappa shape index (κ2) is 6.31. The van der Waals surface area contributed by atoms with Gasteiger partial charge in [0.15, 0.2) is 0 Å². The summed E-state index contributed by atoms with van der Waals surface area (Å²) >= 11 is 0. The molecule has 3 rings (SSSR count). The molecule has 0 spiro atoms. The van der Waals surface area contributed by atoms with Crippen molar-refractivity contribution in [1.82, 2.24) is 5.32 Å². The first-order valence-corrected chi connectivity index (χ1v) is 7.81. The average Bonchev–Trinajstić information content (AvgIpc) is 3.31. The molecule has 1 N–H and O–H groups in total. The molecule has 0 aromatic heterocycles. The van der Waals surface area contributed by atoms with Gasteiger partial charge in [-0.1, -0.05) is 38.1 Å². The first-order chi connectivity index (χ1) is 10.2. The Morgan fingerprint density at radius 3 is 2.05 bits per heavy atom. The molecule has 1 aliphatic carbocycles. The van der Waals surface area contributed by atoms with Crippen LogP contribution in [-0.2, 0) is 6.54 Å². The van der Waals surface area contributed by atoms with E-state index in [1.165, 1.54) is 24.0 Å². The highest BCUT2D eigenvalue weighted by Crippen LogP contribution is 2.24. The van der Waals surface area contributed by atoms with E-state index >= 15 is 0 Å². The maximum atomic E-state index is 5.89. The third-order valence-corrected chi connectivity index (χ3v) is 3.88. The normalized spacial score (nSPS) is 14.4. The van der Waals surface area contributed by atoms with Gasteiger partial charge in [-0.05, 0) is 54.2 Å². The largest absolute Gasteiger partial charge is 0.457 e. The summed E-state index contributed by atoms with van der Waals surface area (Å²) in [5.41, 5.74) is 2.65. The predicted octanol–water partition coefficient (Wildman–Crippen LogP) is 4.85. The van der Waals surface area contributed by atoms with Crippen molar-refractivity contribution in [2.45, 2.75) is 45.2 Å². The second-order valence-corrected chi connectivity index (χ2v) is 6.12.